The van der Waals surface area contributed by atoms with E-state index in [2.05, 4.69) is 31.2 Å². The molecule has 0 radical (unpaired) electrons. The molecule has 3 heteroatoms. The summed E-state index contributed by atoms with van der Waals surface area (Å²) in [5, 5.41) is 0. The van der Waals surface area contributed by atoms with Gasteiger partial charge in [-0.2, -0.15) is 0 Å². The quantitative estimate of drug-likeness (QED) is 0.695. The fraction of sp³-hybridized carbons (Fsp3) is 0.455. The molecule has 1 rings (SSSR count). The number of hydrogen-bond acceptors (Lipinski definition) is 2. The van der Waals surface area contributed by atoms with Crippen molar-refractivity contribution in [2.24, 2.45) is 0 Å². The highest BCUT2D eigenvalue weighted by atomic mass is 28.4. The second-order valence-electron chi connectivity index (χ2n) is 3.33. The lowest BCUT2D eigenvalue weighted by molar-refractivity contribution is 0.242. The Balaban J connectivity index is 2.74. The maximum Gasteiger partial charge on any atom is 0.341 e. The van der Waals surface area contributed by atoms with Crippen LogP contribution in [0, 0.1) is 0 Å². The monoisotopic (exact) mass is 210 g/mol. The SMILES string of the molecule is CC[Si](Cc1ccccc1)(OC)OC. The van der Waals surface area contributed by atoms with Crippen LogP contribution < -0.4 is 0 Å². The van der Waals surface area contributed by atoms with Crippen LogP contribution in [-0.2, 0) is 14.9 Å². The van der Waals surface area contributed by atoms with Gasteiger partial charge in [0.05, 0.1) is 0 Å². The van der Waals surface area contributed by atoms with Gasteiger partial charge in [0.25, 0.3) is 0 Å². The summed E-state index contributed by atoms with van der Waals surface area (Å²) in [5.74, 6) is 0. The Morgan fingerprint density at radius 1 is 1.07 bits per heavy atom. The van der Waals surface area contributed by atoms with E-state index in [-0.39, 0.29) is 0 Å². The van der Waals surface area contributed by atoms with Crippen LogP contribution in [0.4, 0.5) is 0 Å². The fourth-order valence-corrected chi connectivity index (χ4v) is 3.69. The minimum Gasteiger partial charge on any atom is -0.397 e. The zero-order valence-corrected chi connectivity index (χ0v) is 10.1. The van der Waals surface area contributed by atoms with Gasteiger partial charge in [0.2, 0.25) is 0 Å². The van der Waals surface area contributed by atoms with E-state index in [0.717, 1.165) is 12.1 Å². The molecule has 0 saturated heterocycles. The van der Waals surface area contributed by atoms with Gasteiger partial charge in [0, 0.05) is 20.3 Å². The van der Waals surface area contributed by atoms with Crippen LogP contribution in [0.25, 0.3) is 0 Å². The zero-order valence-electron chi connectivity index (χ0n) is 9.12. The predicted molar refractivity (Wildman–Crippen MR) is 60.4 cm³/mol. The highest BCUT2D eigenvalue weighted by Crippen LogP contribution is 2.17. The van der Waals surface area contributed by atoms with Gasteiger partial charge in [-0.1, -0.05) is 37.3 Å². The summed E-state index contributed by atoms with van der Waals surface area (Å²) in [6.45, 7) is 2.13. The first kappa shape index (κ1) is 11.4. The van der Waals surface area contributed by atoms with Crippen molar-refractivity contribution in [2.75, 3.05) is 14.2 Å². The first-order valence-electron chi connectivity index (χ1n) is 4.90. The molecule has 0 spiro atoms. The van der Waals surface area contributed by atoms with Crippen molar-refractivity contribution in [3.8, 4) is 0 Å². The maximum absolute atomic E-state index is 5.56. The molecule has 0 fully saturated rings. The van der Waals surface area contributed by atoms with E-state index in [4.69, 9.17) is 8.85 Å². The molecule has 0 heterocycles. The van der Waals surface area contributed by atoms with Gasteiger partial charge in [0.1, 0.15) is 0 Å². The van der Waals surface area contributed by atoms with Crippen molar-refractivity contribution >= 4 is 8.56 Å². The predicted octanol–water partition coefficient (Wildman–Crippen LogP) is 2.52. The number of rotatable bonds is 5. The lowest BCUT2D eigenvalue weighted by Crippen LogP contribution is -2.42. The van der Waals surface area contributed by atoms with Crippen LogP contribution in [-0.4, -0.2) is 22.8 Å². The highest BCUT2D eigenvalue weighted by Gasteiger charge is 2.33. The first-order valence-corrected chi connectivity index (χ1v) is 7.13. The summed E-state index contributed by atoms with van der Waals surface area (Å²) in [6, 6.07) is 12.3. The molecule has 0 unspecified atom stereocenters. The summed E-state index contributed by atoms with van der Waals surface area (Å²) in [6.07, 6.45) is 0. The summed E-state index contributed by atoms with van der Waals surface area (Å²) in [5.41, 5.74) is 1.30. The Bertz CT molecular complexity index is 249. The summed E-state index contributed by atoms with van der Waals surface area (Å²) < 4.78 is 11.1. The molecule has 1 aromatic rings. The van der Waals surface area contributed by atoms with Crippen LogP contribution in [0.15, 0.2) is 30.3 Å². The molecule has 0 amide bonds. The van der Waals surface area contributed by atoms with Gasteiger partial charge in [0.15, 0.2) is 0 Å². The van der Waals surface area contributed by atoms with Crippen molar-refractivity contribution in [2.45, 2.75) is 19.0 Å². The van der Waals surface area contributed by atoms with Gasteiger partial charge in [-0.05, 0) is 11.6 Å². The minimum atomic E-state index is -1.96. The topological polar surface area (TPSA) is 18.5 Å². The lowest BCUT2D eigenvalue weighted by Gasteiger charge is -2.25. The zero-order chi connectivity index (χ0) is 10.4. The molecular formula is C11H18O2Si. The van der Waals surface area contributed by atoms with Crippen LogP contribution in [0.1, 0.15) is 12.5 Å². The highest BCUT2D eigenvalue weighted by molar-refractivity contribution is 6.66. The standard InChI is InChI=1S/C11H18O2Si/c1-4-14(12-2,13-3)10-11-8-6-5-7-9-11/h5-9H,4,10H2,1-3H3. The van der Waals surface area contributed by atoms with Gasteiger partial charge in [-0.25, -0.2) is 0 Å². The average Bonchev–Trinajstić information content (AvgIpc) is 2.28. The van der Waals surface area contributed by atoms with Crippen LogP contribution >= 0.6 is 0 Å². The Kier molecular flexibility index (Phi) is 4.32. The van der Waals surface area contributed by atoms with Crippen LogP contribution in [0.3, 0.4) is 0 Å². The second kappa shape index (κ2) is 5.29. The Morgan fingerprint density at radius 2 is 1.64 bits per heavy atom. The molecule has 0 aliphatic carbocycles. The third-order valence-corrected chi connectivity index (χ3v) is 6.11. The van der Waals surface area contributed by atoms with E-state index in [1.54, 1.807) is 14.2 Å². The van der Waals surface area contributed by atoms with Crippen LogP contribution in [0.5, 0.6) is 0 Å². The molecule has 0 saturated carbocycles. The van der Waals surface area contributed by atoms with E-state index in [9.17, 15) is 0 Å². The Labute approximate surface area is 87.1 Å². The second-order valence-corrected chi connectivity index (χ2v) is 7.03. The molecule has 1 aromatic carbocycles. The van der Waals surface area contributed by atoms with Gasteiger partial charge in [-0.15, -0.1) is 0 Å². The largest absolute Gasteiger partial charge is 0.397 e. The summed E-state index contributed by atoms with van der Waals surface area (Å²) in [7, 11) is 1.55. The summed E-state index contributed by atoms with van der Waals surface area (Å²) in [4.78, 5) is 0. The normalized spacial score (nSPS) is 11.6. The molecule has 0 aromatic heterocycles. The van der Waals surface area contributed by atoms with E-state index < -0.39 is 8.56 Å². The van der Waals surface area contributed by atoms with E-state index in [0.29, 0.717) is 0 Å². The minimum absolute atomic E-state index is 0.928. The third kappa shape index (κ3) is 2.67. The molecule has 78 valence electrons. The maximum atomic E-state index is 5.56. The molecule has 0 aliphatic rings. The van der Waals surface area contributed by atoms with E-state index in [1.165, 1.54) is 5.56 Å². The third-order valence-electron chi connectivity index (χ3n) is 2.60. The molecule has 0 N–H and O–H groups in total. The van der Waals surface area contributed by atoms with Crippen molar-refractivity contribution in [3.63, 3.8) is 0 Å². The molecule has 0 atom stereocenters. The van der Waals surface area contributed by atoms with Crippen molar-refractivity contribution in [1.29, 1.82) is 0 Å². The van der Waals surface area contributed by atoms with Gasteiger partial charge in [-0.3, -0.25) is 0 Å². The first-order chi connectivity index (χ1) is 6.76. The van der Waals surface area contributed by atoms with Gasteiger partial charge < -0.3 is 8.85 Å². The smallest absolute Gasteiger partial charge is 0.341 e. The van der Waals surface area contributed by atoms with Crippen molar-refractivity contribution in [1.82, 2.24) is 0 Å². The van der Waals surface area contributed by atoms with Crippen LogP contribution in [0.2, 0.25) is 6.04 Å². The summed E-state index contributed by atoms with van der Waals surface area (Å²) >= 11 is 0. The lowest BCUT2D eigenvalue weighted by atomic mass is 10.2. The fourth-order valence-electron chi connectivity index (χ4n) is 1.55. The number of benzene rings is 1. The van der Waals surface area contributed by atoms with Crippen molar-refractivity contribution in [3.05, 3.63) is 35.9 Å². The number of hydrogen-bond donors (Lipinski definition) is 0. The average molecular weight is 210 g/mol. The molecule has 0 bridgehead atoms. The van der Waals surface area contributed by atoms with Crippen molar-refractivity contribution < 1.29 is 8.85 Å². The molecular weight excluding hydrogens is 192 g/mol. The molecule has 2 nitrogen and oxygen atoms in total. The molecule has 0 aliphatic heterocycles. The van der Waals surface area contributed by atoms with Gasteiger partial charge >= 0.3 is 8.56 Å². The van der Waals surface area contributed by atoms with E-state index >= 15 is 0 Å². The molecule has 14 heavy (non-hydrogen) atoms. The Hall–Kier alpha value is -0.643. The van der Waals surface area contributed by atoms with E-state index in [1.807, 2.05) is 6.07 Å². The Morgan fingerprint density at radius 3 is 2.07 bits per heavy atom.